The minimum absolute atomic E-state index is 0.145. The Kier molecular flexibility index (Phi) is 5.48. The molecule has 2 aromatic rings. The summed E-state index contributed by atoms with van der Waals surface area (Å²) in [5.41, 5.74) is 0.777. The molecule has 0 unspecified atom stereocenters. The average Bonchev–Trinajstić information content (AvgIpc) is 2.77. The third-order valence-electron chi connectivity index (χ3n) is 4.04. The van der Waals surface area contributed by atoms with E-state index in [2.05, 4.69) is 15.6 Å². The van der Waals surface area contributed by atoms with E-state index >= 15 is 0 Å². The number of pyridine rings is 1. The Hall–Kier alpha value is -3.03. The molecular formula is C19H23FN4O3. The molecular weight excluding hydrogens is 351 g/mol. The molecule has 27 heavy (non-hydrogen) atoms. The number of aromatic nitrogens is 2. The predicted molar refractivity (Wildman–Crippen MR) is 99.3 cm³/mol. The van der Waals surface area contributed by atoms with Crippen LogP contribution < -0.4 is 10.6 Å². The first-order valence-electron chi connectivity index (χ1n) is 8.38. The van der Waals surface area contributed by atoms with Gasteiger partial charge in [-0.05, 0) is 52.3 Å². The molecule has 8 heteroatoms. The van der Waals surface area contributed by atoms with E-state index in [0.717, 1.165) is 6.20 Å². The molecule has 7 nitrogen and oxygen atoms in total. The highest BCUT2D eigenvalue weighted by atomic mass is 19.1. The Labute approximate surface area is 157 Å². The molecule has 0 saturated carbocycles. The number of nitrogens with one attached hydrogen (secondary N) is 2. The molecule has 0 saturated heterocycles. The number of hydrogen-bond acceptors (Lipinski definition) is 4. The van der Waals surface area contributed by atoms with E-state index in [1.807, 2.05) is 0 Å². The number of rotatable bonds is 4. The van der Waals surface area contributed by atoms with Gasteiger partial charge in [0, 0.05) is 18.3 Å². The molecule has 0 aromatic carbocycles. The molecule has 144 valence electrons. The first-order valence-corrected chi connectivity index (χ1v) is 8.38. The fourth-order valence-electron chi connectivity index (χ4n) is 2.77. The highest BCUT2D eigenvalue weighted by Gasteiger charge is 2.30. The Balaban J connectivity index is 2.36. The molecule has 2 heterocycles. The zero-order chi connectivity index (χ0) is 20.5. The summed E-state index contributed by atoms with van der Waals surface area (Å²) < 4.78 is 14.5. The van der Waals surface area contributed by atoms with Gasteiger partial charge in [-0.2, -0.15) is 0 Å². The van der Waals surface area contributed by atoms with Gasteiger partial charge in [0.25, 0.3) is 17.6 Å². The lowest BCUT2D eigenvalue weighted by Crippen LogP contribution is -2.44. The van der Waals surface area contributed by atoms with Crippen LogP contribution in [0.5, 0.6) is 0 Å². The fourth-order valence-corrected chi connectivity index (χ4v) is 2.77. The molecule has 0 bridgehead atoms. The predicted octanol–water partition coefficient (Wildman–Crippen LogP) is 2.53. The van der Waals surface area contributed by atoms with E-state index in [-0.39, 0.29) is 17.1 Å². The summed E-state index contributed by atoms with van der Waals surface area (Å²) in [7, 11) is 1.62. The van der Waals surface area contributed by atoms with E-state index in [1.165, 1.54) is 16.7 Å². The number of nitrogens with zero attached hydrogens (tertiary/aromatic N) is 2. The third kappa shape index (κ3) is 4.39. The molecule has 0 spiro atoms. The van der Waals surface area contributed by atoms with Crippen molar-refractivity contribution >= 4 is 23.4 Å². The van der Waals surface area contributed by atoms with Crippen LogP contribution in [0.1, 0.15) is 52.9 Å². The monoisotopic (exact) mass is 374 g/mol. The van der Waals surface area contributed by atoms with Gasteiger partial charge in [-0.15, -0.1) is 0 Å². The van der Waals surface area contributed by atoms with Crippen molar-refractivity contribution < 1.29 is 18.8 Å². The van der Waals surface area contributed by atoms with E-state index in [0.29, 0.717) is 11.3 Å². The number of hydrogen-bond donors (Lipinski definition) is 2. The number of ketones is 1. The topological polar surface area (TPSA) is 93.1 Å². The molecule has 2 N–H and O–H groups in total. The van der Waals surface area contributed by atoms with Crippen molar-refractivity contribution in [2.75, 3.05) is 5.32 Å². The molecule has 0 aliphatic carbocycles. The quantitative estimate of drug-likeness (QED) is 0.635. The molecule has 2 amide bonds. The van der Waals surface area contributed by atoms with Gasteiger partial charge < -0.3 is 15.2 Å². The molecule has 0 atom stereocenters. The van der Waals surface area contributed by atoms with Crippen LogP contribution in [0.2, 0.25) is 0 Å². The summed E-state index contributed by atoms with van der Waals surface area (Å²) in [6, 6.07) is 2.52. The number of carbonyl (C=O) groups is 3. The van der Waals surface area contributed by atoms with Crippen LogP contribution >= 0.6 is 0 Å². The summed E-state index contributed by atoms with van der Waals surface area (Å²) in [5.74, 6) is -2.28. The highest BCUT2D eigenvalue weighted by molar-refractivity contribution is 6.43. The van der Waals surface area contributed by atoms with Crippen LogP contribution in [-0.4, -0.2) is 32.7 Å². The Morgan fingerprint density at radius 1 is 1.15 bits per heavy atom. The van der Waals surface area contributed by atoms with Crippen molar-refractivity contribution in [1.82, 2.24) is 14.9 Å². The minimum Gasteiger partial charge on any atom is -0.345 e. The van der Waals surface area contributed by atoms with Crippen LogP contribution in [0, 0.1) is 19.7 Å². The Morgan fingerprint density at radius 2 is 1.78 bits per heavy atom. The summed E-state index contributed by atoms with van der Waals surface area (Å²) in [5, 5.41) is 5.20. The van der Waals surface area contributed by atoms with Crippen LogP contribution in [0.4, 0.5) is 10.2 Å². The third-order valence-corrected chi connectivity index (χ3v) is 4.04. The Morgan fingerprint density at radius 3 is 2.30 bits per heavy atom. The number of amides is 2. The fraction of sp³-hybridized carbons (Fsp3) is 0.368. The second-order valence-corrected chi connectivity index (χ2v) is 7.34. The maximum absolute atomic E-state index is 13.0. The molecule has 0 aliphatic rings. The summed E-state index contributed by atoms with van der Waals surface area (Å²) >= 11 is 0. The van der Waals surface area contributed by atoms with Crippen LogP contribution in [0.25, 0.3) is 0 Å². The van der Waals surface area contributed by atoms with Crippen molar-refractivity contribution in [2.45, 2.75) is 40.2 Å². The molecule has 0 aliphatic heterocycles. The zero-order valence-corrected chi connectivity index (χ0v) is 16.2. The normalized spacial score (nSPS) is 11.2. The van der Waals surface area contributed by atoms with Gasteiger partial charge in [-0.3, -0.25) is 14.4 Å². The van der Waals surface area contributed by atoms with Crippen LogP contribution in [0.3, 0.4) is 0 Å². The Bertz CT molecular complexity index is 909. The second kappa shape index (κ2) is 7.30. The largest absolute Gasteiger partial charge is 0.345 e. The SMILES string of the molecule is Cc1c(C(=O)Nc2ccc(F)cn2)c(C)n(C)c1C(=O)C(=O)NC(C)(C)C. The van der Waals surface area contributed by atoms with Crippen molar-refractivity contribution in [1.29, 1.82) is 0 Å². The van der Waals surface area contributed by atoms with Gasteiger partial charge in [0.15, 0.2) is 0 Å². The maximum Gasteiger partial charge on any atom is 0.294 e. The lowest BCUT2D eigenvalue weighted by Gasteiger charge is -2.20. The van der Waals surface area contributed by atoms with Crippen molar-refractivity contribution in [3.05, 3.63) is 46.7 Å². The van der Waals surface area contributed by atoms with E-state index < -0.39 is 29.0 Å². The van der Waals surface area contributed by atoms with E-state index in [1.54, 1.807) is 41.7 Å². The van der Waals surface area contributed by atoms with E-state index in [4.69, 9.17) is 0 Å². The zero-order valence-electron chi connectivity index (χ0n) is 16.2. The lowest BCUT2D eigenvalue weighted by molar-refractivity contribution is -0.118. The standard InChI is InChI=1S/C19H23FN4O3/c1-10-14(17(26)22-13-8-7-12(20)9-21-13)11(2)24(6)15(10)16(25)18(27)23-19(3,4)5/h7-9H,1-6H3,(H,23,27)(H,21,22,26). The number of halogens is 1. The van der Waals surface area contributed by atoms with Crippen molar-refractivity contribution in [3.63, 3.8) is 0 Å². The lowest BCUT2D eigenvalue weighted by atomic mass is 10.1. The first kappa shape index (κ1) is 20.3. The minimum atomic E-state index is -0.738. The molecule has 2 aromatic heterocycles. The molecule has 0 radical (unpaired) electrons. The average molecular weight is 374 g/mol. The first-order chi connectivity index (χ1) is 12.4. The van der Waals surface area contributed by atoms with Gasteiger partial charge in [-0.1, -0.05) is 0 Å². The van der Waals surface area contributed by atoms with E-state index in [9.17, 15) is 18.8 Å². The highest BCUT2D eigenvalue weighted by Crippen LogP contribution is 2.23. The van der Waals surface area contributed by atoms with Gasteiger partial charge in [0.05, 0.1) is 17.5 Å². The van der Waals surface area contributed by atoms with Gasteiger partial charge >= 0.3 is 0 Å². The van der Waals surface area contributed by atoms with Gasteiger partial charge in [0.2, 0.25) is 0 Å². The van der Waals surface area contributed by atoms with Crippen molar-refractivity contribution in [3.8, 4) is 0 Å². The summed E-state index contributed by atoms with van der Waals surface area (Å²) in [4.78, 5) is 41.3. The summed E-state index contributed by atoms with van der Waals surface area (Å²) in [6.07, 6.45) is 0.992. The number of anilines is 1. The van der Waals surface area contributed by atoms with Crippen LogP contribution in [-0.2, 0) is 11.8 Å². The molecule has 2 rings (SSSR count). The van der Waals surface area contributed by atoms with Gasteiger partial charge in [0.1, 0.15) is 11.6 Å². The second-order valence-electron chi connectivity index (χ2n) is 7.34. The smallest absolute Gasteiger partial charge is 0.294 e. The number of carbonyl (C=O) groups excluding carboxylic acids is 3. The summed E-state index contributed by atoms with van der Waals surface area (Å²) in [6.45, 7) is 8.61. The van der Waals surface area contributed by atoms with Crippen LogP contribution in [0.15, 0.2) is 18.3 Å². The number of Topliss-reactive ketones (excluding diaryl/α,β-unsaturated/α-hetero) is 1. The maximum atomic E-state index is 13.0. The molecule has 0 fully saturated rings. The van der Waals surface area contributed by atoms with Gasteiger partial charge in [-0.25, -0.2) is 9.37 Å². The van der Waals surface area contributed by atoms with Crippen molar-refractivity contribution in [2.24, 2.45) is 7.05 Å².